The SMILES string of the molecule is CC(N)C(=O)NC(C(=O)N1CCCC1/C=C/[C@@](C)(Cc1cccc(Cl)c1)C(=O)N[C@H](C=O)Cc1ccccc1)C(C)OCc1ccccc1. The van der Waals surface area contributed by atoms with E-state index in [9.17, 15) is 19.2 Å². The second-order valence-corrected chi connectivity index (χ2v) is 13.4. The topological polar surface area (TPSA) is 131 Å². The third-order valence-electron chi connectivity index (χ3n) is 8.83. The Morgan fingerprint density at radius 2 is 1.63 bits per heavy atom. The molecule has 3 amide bonds. The van der Waals surface area contributed by atoms with Gasteiger partial charge < -0.3 is 30.8 Å². The summed E-state index contributed by atoms with van der Waals surface area (Å²) in [5.74, 6) is -1.06. The molecule has 4 rings (SSSR count). The highest BCUT2D eigenvalue weighted by molar-refractivity contribution is 6.30. The summed E-state index contributed by atoms with van der Waals surface area (Å²) in [6.45, 7) is 5.89. The van der Waals surface area contributed by atoms with Gasteiger partial charge in [-0.2, -0.15) is 0 Å². The largest absolute Gasteiger partial charge is 0.371 e. The average Bonchev–Trinajstić information content (AvgIpc) is 3.57. The number of aldehydes is 1. The van der Waals surface area contributed by atoms with Crippen molar-refractivity contribution in [3.8, 4) is 0 Å². The minimum atomic E-state index is -1.09. The van der Waals surface area contributed by atoms with Crippen molar-refractivity contribution in [2.75, 3.05) is 6.54 Å². The van der Waals surface area contributed by atoms with Crippen LogP contribution in [-0.2, 0) is 43.4 Å². The Morgan fingerprint density at radius 3 is 2.27 bits per heavy atom. The minimum Gasteiger partial charge on any atom is -0.371 e. The van der Waals surface area contributed by atoms with E-state index in [4.69, 9.17) is 22.1 Å². The summed E-state index contributed by atoms with van der Waals surface area (Å²) in [6, 6.07) is 23.6. The van der Waals surface area contributed by atoms with E-state index in [-0.39, 0.29) is 24.5 Å². The Kier molecular flexibility index (Phi) is 13.7. The summed E-state index contributed by atoms with van der Waals surface area (Å²) in [5.41, 5.74) is 7.49. The van der Waals surface area contributed by atoms with Crippen LogP contribution in [0.5, 0.6) is 0 Å². The zero-order valence-electron chi connectivity index (χ0n) is 28.4. The number of nitrogens with one attached hydrogen (secondary N) is 2. The number of carbonyl (C=O) groups excluding carboxylic acids is 4. The fraction of sp³-hybridized carbons (Fsp3) is 0.385. The molecule has 3 aromatic rings. The molecule has 3 aromatic carbocycles. The highest BCUT2D eigenvalue weighted by Crippen LogP contribution is 2.29. The molecule has 4 unspecified atom stereocenters. The second-order valence-electron chi connectivity index (χ2n) is 13.0. The minimum absolute atomic E-state index is 0.270. The first-order valence-electron chi connectivity index (χ1n) is 16.7. The number of hydrogen-bond acceptors (Lipinski definition) is 6. The van der Waals surface area contributed by atoms with Gasteiger partial charge in [0.1, 0.15) is 12.3 Å². The molecule has 4 N–H and O–H groups in total. The first kappa shape index (κ1) is 37.5. The lowest BCUT2D eigenvalue weighted by molar-refractivity contribution is -0.141. The van der Waals surface area contributed by atoms with E-state index < -0.39 is 35.6 Å². The maximum atomic E-state index is 14.1. The highest BCUT2D eigenvalue weighted by atomic mass is 35.5. The molecule has 0 bridgehead atoms. The van der Waals surface area contributed by atoms with Gasteiger partial charge in [0.2, 0.25) is 17.7 Å². The number of likely N-dealkylation sites (tertiary alicyclic amines) is 1. The van der Waals surface area contributed by atoms with Crippen molar-refractivity contribution >= 4 is 35.6 Å². The van der Waals surface area contributed by atoms with E-state index in [1.165, 1.54) is 0 Å². The predicted octanol–water partition coefficient (Wildman–Crippen LogP) is 4.80. The molecule has 6 atom stereocenters. The summed E-state index contributed by atoms with van der Waals surface area (Å²) in [7, 11) is 0. The summed E-state index contributed by atoms with van der Waals surface area (Å²) in [5, 5.41) is 6.31. The van der Waals surface area contributed by atoms with Crippen LogP contribution in [-0.4, -0.2) is 65.7 Å². The molecule has 1 heterocycles. The first-order valence-corrected chi connectivity index (χ1v) is 17.1. The summed E-state index contributed by atoms with van der Waals surface area (Å²) in [6.07, 6.45) is 5.91. The molecule has 1 fully saturated rings. The van der Waals surface area contributed by atoms with E-state index in [2.05, 4.69) is 10.6 Å². The van der Waals surface area contributed by atoms with Gasteiger partial charge in [0.05, 0.1) is 36.3 Å². The molecule has 0 radical (unpaired) electrons. The number of nitrogens with two attached hydrogens (primary N) is 1. The molecule has 260 valence electrons. The second kappa shape index (κ2) is 17.9. The quantitative estimate of drug-likeness (QED) is 0.147. The van der Waals surface area contributed by atoms with Crippen molar-refractivity contribution in [1.29, 1.82) is 0 Å². The third kappa shape index (κ3) is 10.8. The maximum Gasteiger partial charge on any atom is 0.248 e. The number of halogens is 1. The molecule has 0 aliphatic carbocycles. The lowest BCUT2D eigenvalue weighted by atomic mass is 9.81. The van der Waals surface area contributed by atoms with Crippen LogP contribution < -0.4 is 16.4 Å². The van der Waals surface area contributed by atoms with Crippen molar-refractivity contribution in [3.05, 3.63) is 119 Å². The van der Waals surface area contributed by atoms with Gasteiger partial charge in [0.15, 0.2) is 0 Å². The maximum absolute atomic E-state index is 14.1. The molecular weight excluding hydrogens is 640 g/mol. The molecule has 1 aliphatic rings. The van der Waals surface area contributed by atoms with Gasteiger partial charge in [-0.1, -0.05) is 96.5 Å². The van der Waals surface area contributed by atoms with Gasteiger partial charge in [0.25, 0.3) is 0 Å². The Labute approximate surface area is 294 Å². The van der Waals surface area contributed by atoms with Crippen LogP contribution in [0, 0.1) is 5.41 Å². The number of ether oxygens (including phenoxy) is 1. The standard InChI is InChI=1S/C39H47ClN4O5/c1-27(41)36(46)43-35(28(2)49-26-30-14-8-5-9-15-30)37(47)44-21-11-18-34(44)19-20-39(3,24-31-16-10-17-32(40)22-31)38(48)42-33(25-45)23-29-12-6-4-7-13-29/h4-10,12-17,19-20,22,25,27-28,33-35H,11,18,21,23-24,26,41H2,1-3H3,(H,42,48)(H,43,46)/b20-19+/t27?,28?,33-,34?,35?,39-/m0/s1. The van der Waals surface area contributed by atoms with Crippen molar-refractivity contribution in [1.82, 2.24) is 15.5 Å². The van der Waals surface area contributed by atoms with Crippen molar-refractivity contribution < 1.29 is 23.9 Å². The molecule has 1 aliphatic heterocycles. The Balaban J connectivity index is 1.56. The monoisotopic (exact) mass is 686 g/mol. The zero-order valence-corrected chi connectivity index (χ0v) is 29.1. The van der Waals surface area contributed by atoms with Gasteiger partial charge >= 0.3 is 0 Å². The van der Waals surface area contributed by atoms with Crippen molar-refractivity contribution in [2.24, 2.45) is 11.1 Å². The van der Waals surface area contributed by atoms with Gasteiger partial charge in [0, 0.05) is 11.6 Å². The van der Waals surface area contributed by atoms with Gasteiger partial charge in [-0.15, -0.1) is 0 Å². The van der Waals surface area contributed by atoms with E-state index in [0.29, 0.717) is 30.8 Å². The van der Waals surface area contributed by atoms with Crippen LogP contribution in [0.2, 0.25) is 5.02 Å². The first-order chi connectivity index (χ1) is 23.5. The molecule has 1 saturated heterocycles. The number of nitrogens with zero attached hydrogens (tertiary/aromatic N) is 1. The molecule has 0 aromatic heterocycles. The van der Waals surface area contributed by atoms with Gasteiger partial charge in [-0.25, -0.2) is 0 Å². The fourth-order valence-electron chi connectivity index (χ4n) is 5.95. The van der Waals surface area contributed by atoms with Crippen molar-refractivity contribution in [3.63, 3.8) is 0 Å². The number of hydrogen-bond donors (Lipinski definition) is 3. The molecular formula is C39H47ClN4O5. The summed E-state index contributed by atoms with van der Waals surface area (Å²) >= 11 is 6.30. The van der Waals surface area contributed by atoms with E-state index in [0.717, 1.165) is 29.4 Å². The fourth-order valence-corrected chi connectivity index (χ4v) is 6.16. The van der Waals surface area contributed by atoms with Gasteiger partial charge in [-0.05, 0) is 75.3 Å². The van der Waals surface area contributed by atoms with Crippen LogP contribution in [0.1, 0.15) is 50.3 Å². The molecule has 49 heavy (non-hydrogen) atoms. The van der Waals surface area contributed by atoms with Crippen molar-refractivity contribution in [2.45, 2.75) is 83.3 Å². The molecule has 9 nitrogen and oxygen atoms in total. The number of rotatable bonds is 16. The summed E-state index contributed by atoms with van der Waals surface area (Å²) < 4.78 is 6.09. The van der Waals surface area contributed by atoms with Crippen LogP contribution in [0.15, 0.2) is 97.1 Å². The molecule has 10 heteroatoms. The Bertz CT molecular complexity index is 1580. The third-order valence-corrected chi connectivity index (χ3v) is 9.06. The molecule has 0 saturated carbocycles. The number of carbonyl (C=O) groups is 4. The normalized spacial score (nSPS) is 18.2. The Hall–Kier alpha value is -4.31. The highest BCUT2D eigenvalue weighted by Gasteiger charge is 2.38. The van der Waals surface area contributed by atoms with Crippen LogP contribution >= 0.6 is 11.6 Å². The van der Waals surface area contributed by atoms with Crippen LogP contribution in [0.4, 0.5) is 0 Å². The molecule has 0 spiro atoms. The average molecular weight is 687 g/mol. The number of amides is 3. The number of benzene rings is 3. The lowest BCUT2D eigenvalue weighted by Gasteiger charge is -2.32. The van der Waals surface area contributed by atoms with E-state index >= 15 is 0 Å². The zero-order chi connectivity index (χ0) is 35.4. The smallest absolute Gasteiger partial charge is 0.248 e. The van der Waals surface area contributed by atoms with E-state index in [1.54, 1.807) is 24.8 Å². The van der Waals surface area contributed by atoms with E-state index in [1.807, 2.05) is 97.9 Å². The Morgan fingerprint density at radius 1 is 0.980 bits per heavy atom. The van der Waals surface area contributed by atoms with Crippen LogP contribution in [0.3, 0.4) is 0 Å². The summed E-state index contributed by atoms with van der Waals surface area (Å²) in [4.78, 5) is 54.7. The predicted molar refractivity (Wildman–Crippen MR) is 192 cm³/mol. The lowest BCUT2D eigenvalue weighted by Crippen LogP contribution is -2.57. The van der Waals surface area contributed by atoms with Gasteiger partial charge in [-0.3, -0.25) is 14.4 Å². The van der Waals surface area contributed by atoms with Crippen LogP contribution in [0.25, 0.3) is 0 Å².